The van der Waals surface area contributed by atoms with E-state index in [-0.39, 0.29) is 5.91 Å². The van der Waals surface area contributed by atoms with Crippen LogP contribution in [0.2, 0.25) is 0 Å². The molecule has 8 heteroatoms. The van der Waals surface area contributed by atoms with Crippen molar-refractivity contribution in [2.45, 2.75) is 38.6 Å². The molecule has 0 aliphatic heterocycles. The van der Waals surface area contributed by atoms with Crippen LogP contribution in [0.25, 0.3) is 11.4 Å². The third-order valence-electron chi connectivity index (χ3n) is 5.43. The Morgan fingerprint density at radius 2 is 1.81 bits per heavy atom. The summed E-state index contributed by atoms with van der Waals surface area (Å²) >= 11 is 3.06. The summed E-state index contributed by atoms with van der Waals surface area (Å²) in [4.78, 5) is 18.9. The first-order valence-corrected chi connectivity index (χ1v) is 12.1. The molecule has 164 valence electrons. The predicted octanol–water partition coefficient (Wildman–Crippen LogP) is 5.84. The van der Waals surface area contributed by atoms with Crippen molar-refractivity contribution >= 4 is 39.8 Å². The molecule has 0 aliphatic carbocycles. The number of carbonyl (C=O) groups is 1. The topological polar surface area (TPSA) is 63.9 Å². The highest BCUT2D eigenvalue weighted by Crippen LogP contribution is 2.34. The predicted molar refractivity (Wildman–Crippen MR) is 132 cm³/mol. The van der Waals surface area contributed by atoms with Gasteiger partial charge in [0.25, 0.3) is 0 Å². The third-order valence-corrected chi connectivity index (χ3v) is 7.36. The van der Waals surface area contributed by atoms with Gasteiger partial charge in [-0.2, -0.15) is 0 Å². The highest BCUT2D eigenvalue weighted by Gasteiger charge is 2.21. The Labute approximate surface area is 196 Å². The molecule has 2 aromatic heterocycles. The molecule has 6 nitrogen and oxygen atoms in total. The largest absolute Gasteiger partial charge is 0.305 e. The number of aryl methyl sites for hydroxylation is 2. The molecular formula is C24H25N5OS2. The maximum atomic E-state index is 12.5. The molecule has 1 amide bonds. The quantitative estimate of drug-likeness (QED) is 0.336. The van der Waals surface area contributed by atoms with Gasteiger partial charge < -0.3 is 4.57 Å². The minimum Gasteiger partial charge on any atom is -0.305 e. The van der Waals surface area contributed by atoms with Gasteiger partial charge in [0.2, 0.25) is 5.91 Å². The van der Waals surface area contributed by atoms with Crippen LogP contribution in [0.4, 0.5) is 10.8 Å². The minimum absolute atomic E-state index is 0.0524. The number of hydrogen-bond acceptors (Lipinski definition) is 6. The van der Waals surface area contributed by atoms with Gasteiger partial charge in [-0.1, -0.05) is 48.2 Å². The highest BCUT2D eigenvalue weighted by molar-refractivity contribution is 7.98. The molecule has 0 spiro atoms. The number of rotatable bonds is 6. The molecule has 0 N–H and O–H groups in total. The van der Waals surface area contributed by atoms with Gasteiger partial charge in [0.1, 0.15) is 0 Å². The molecule has 0 aliphatic rings. The summed E-state index contributed by atoms with van der Waals surface area (Å²) in [7, 11) is 1.98. The van der Waals surface area contributed by atoms with Crippen LogP contribution < -0.4 is 4.90 Å². The normalized spacial score (nSPS) is 11.0. The summed E-state index contributed by atoms with van der Waals surface area (Å²) in [5.41, 5.74) is 6.26. The van der Waals surface area contributed by atoms with E-state index in [0.29, 0.717) is 10.9 Å². The lowest BCUT2D eigenvalue weighted by Crippen LogP contribution is -2.23. The van der Waals surface area contributed by atoms with E-state index in [0.717, 1.165) is 39.1 Å². The molecule has 0 bridgehead atoms. The minimum atomic E-state index is -0.0524. The van der Waals surface area contributed by atoms with Gasteiger partial charge in [-0.25, -0.2) is 4.98 Å². The Hall–Kier alpha value is -2.97. The summed E-state index contributed by atoms with van der Waals surface area (Å²) < 4.78 is 2.01. The smallest absolute Gasteiger partial charge is 0.230 e. The maximum Gasteiger partial charge on any atom is 0.230 e. The second-order valence-corrected chi connectivity index (χ2v) is 9.44. The first-order chi connectivity index (χ1) is 15.4. The number of anilines is 2. The molecule has 0 saturated heterocycles. The number of carbonyl (C=O) groups excluding carboxylic acids is 1. The Morgan fingerprint density at radius 3 is 2.56 bits per heavy atom. The standard InChI is InChI=1S/C24H25N5OS2/c1-15-10-8-12-21(17(15)3)29(18(4)30)23-25-19(13-31-23)14-32-24-27-26-22(28(24)5)20-11-7-6-9-16(20)2/h6-13H,14H2,1-5H3. The van der Waals surface area contributed by atoms with Gasteiger partial charge in [-0.3, -0.25) is 9.69 Å². The molecule has 0 fully saturated rings. The van der Waals surface area contributed by atoms with Crippen molar-refractivity contribution in [1.29, 1.82) is 0 Å². The summed E-state index contributed by atoms with van der Waals surface area (Å²) in [5.74, 6) is 1.44. The van der Waals surface area contributed by atoms with Gasteiger partial charge in [0.05, 0.1) is 11.4 Å². The lowest BCUT2D eigenvalue weighted by Gasteiger charge is -2.21. The molecule has 4 aromatic rings. The SMILES string of the molecule is CC(=O)N(c1nc(CSc2nnc(-c3ccccc3C)n2C)cs1)c1cccc(C)c1C. The molecule has 32 heavy (non-hydrogen) atoms. The zero-order valence-corrected chi connectivity index (χ0v) is 20.4. The van der Waals surface area contributed by atoms with E-state index in [9.17, 15) is 4.79 Å². The number of thioether (sulfide) groups is 1. The Bertz CT molecular complexity index is 1280. The lowest BCUT2D eigenvalue weighted by atomic mass is 10.1. The van der Waals surface area contributed by atoms with E-state index >= 15 is 0 Å². The van der Waals surface area contributed by atoms with Gasteiger partial charge >= 0.3 is 0 Å². The van der Waals surface area contributed by atoms with Crippen molar-refractivity contribution < 1.29 is 4.79 Å². The van der Waals surface area contributed by atoms with Crippen LogP contribution in [0.5, 0.6) is 0 Å². The lowest BCUT2D eigenvalue weighted by molar-refractivity contribution is -0.115. The third kappa shape index (κ3) is 4.33. The van der Waals surface area contributed by atoms with Crippen molar-refractivity contribution in [2.24, 2.45) is 7.05 Å². The Morgan fingerprint density at radius 1 is 1.06 bits per heavy atom. The first-order valence-electron chi connectivity index (χ1n) is 10.3. The summed E-state index contributed by atoms with van der Waals surface area (Å²) in [6.45, 7) is 7.73. The molecule has 0 unspecified atom stereocenters. The molecular weight excluding hydrogens is 438 g/mol. The number of nitrogens with zero attached hydrogens (tertiary/aromatic N) is 5. The second kappa shape index (κ2) is 9.26. The van der Waals surface area contributed by atoms with Crippen LogP contribution in [-0.2, 0) is 17.6 Å². The molecule has 0 radical (unpaired) electrons. The highest BCUT2D eigenvalue weighted by atomic mass is 32.2. The Balaban J connectivity index is 1.53. The van der Waals surface area contributed by atoms with Gasteiger partial charge in [0.15, 0.2) is 16.1 Å². The van der Waals surface area contributed by atoms with Gasteiger partial charge in [0, 0.05) is 30.7 Å². The van der Waals surface area contributed by atoms with E-state index in [1.54, 1.807) is 23.6 Å². The van der Waals surface area contributed by atoms with E-state index in [2.05, 4.69) is 29.3 Å². The molecule has 2 aromatic carbocycles. The van der Waals surface area contributed by atoms with Crippen molar-refractivity contribution in [1.82, 2.24) is 19.7 Å². The number of benzene rings is 2. The molecule has 2 heterocycles. The van der Waals surface area contributed by atoms with Crippen LogP contribution in [0, 0.1) is 20.8 Å². The van der Waals surface area contributed by atoms with Gasteiger partial charge in [-0.05, 0) is 43.5 Å². The number of thiazole rings is 1. The maximum absolute atomic E-state index is 12.5. The van der Waals surface area contributed by atoms with Gasteiger partial charge in [-0.15, -0.1) is 21.5 Å². The van der Waals surface area contributed by atoms with E-state index in [1.165, 1.54) is 16.9 Å². The van der Waals surface area contributed by atoms with Crippen molar-refractivity contribution in [3.63, 3.8) is 0 Å². The van der Waals surface area contributed by atoms with E-state index < -0.39 is 0 Å². The summed E-state index contributed by atoms with van der Waals surface area (Å²) in [5, 5.41) is 12.3. The second-order valence-electron chi connectivity index (χ2n) is 7.66. The van der Waals surface area contributed by atoms with Crippen molar-refractivity contribution in [3.05, 3.63) is 70.2 Å². The van der Waals surface area contributed by atoms with Crippen molar-refractivity contribution in [2.75, 3.05) is 4.90 Å². The number of amides is 1. The fraction of sp³-hybridized carbons (Fsp3) is 0.250. The number of hydrogen-bond donors (Lipinski definition) is 0. The first kappa shape index (κ1) is 22.2. The Kier molecular flexibility index (Phi) is 6.43. The van der Waals surface area contributed by atoms with Crippen LogP contribution in [0.1, 0.15) is 29.3 Å². The average Bonchev–Trinajstić information content (AvgIpc) is 3.37. The van der Waals surface area contributed by atoms with E-state index in [4.69, 9.17) is 4.98 Å². The fourth-order valence-electron chi connectivity index (χ4n) is 3.49. The summed E-state index contributed by atoms with van der Waals surface area (Å²) in [6, 6.07) is 14.1. The number of aromatic nitrogens is 4. The summed E-state index contributed by atoms with van der Waals surface area (Å²) in [6.07, 6.45) is 0. The van der Waals surface area contributed by atoms with Crippen molar-refractivity contribution in [3.8, 4) is 11.4 Å². The van der Waals surface area contributed by atoms with Crippen LogP contribution in [0.15, 0.2) is 53.0 Å². The molecule has 0 atom stereocenters. The van der Waals surface area contributed by atoms with E-state index in [1.807, 2.05) is 61.2 Å². The molecule has 0 saturated carbocycles. The fourth-order valence-corrected chi connectivity index (χ4v) is 5.28. The van der Waals surface area contributed by atoms with Crippen LogP contribution in [0.3, 0.4) is 0 Å². The zero-order valence-electron chi connectivity index (χ0n) is 18.8. The monoisotopic (exact) mass is 463 g/mol. The van der Waals surface area contributed by atoms with Crippen LogP contribution >= 0.6 is 23.1 Å². The average molecular weight is 464 g/mol. The molecule has 4 rings (SSSR count). The van der Waals surface area contributed by atoms with Crippen LogP contribution in [-0.4, -0.2) is 25.7 Å². The zero-order chi connectivity index (χ0) is 22.8.